The van der Waals surface area contributed by atoms with Crippen LogP contribution in [0.25, 0.3) is 0 Å². The smallest absolute Gasteiger partial charge is 0.326 e. The standard InChI is InChI=1S/C19H30N4O11/c1-8(2)15(23-16(30)9(20)7-14(28)29)18(32)21-10(3-5-12(24)25)17(31)22-11(19(33)34)4-6-13(26)27/h8-11,15H,3-7,20H2,1-2H3,(H,21,32)(H,22,31)(H,23,30)(H,24,25)(H,26,27)(H,28,29)(H,33,34). The number of amides is 3. The Morgan fingerprint density at radius 1 is 0.676 bits per heavy atom. The van der Waals surface area contributed by atoms with Crippen molar-refractivity contribution in [3.63, 3.8) is 0 Å². The van der Waals surface area contributed by atoms with Crippen molar-refractivity contribution in [3.05, 3.63) is 0 Å². The quantitative estimate of drug-likeness (QED) is 0.114. The van der Waals surface area contributed by atoms with Crippen molar-refractivity contribution in [2.45, 2.75) is 70.1 Å². The Hall–Kier alpha value is -3.75. The van der Waals surface area contributed by atoms with E-state index in [2.05, 4.69) is 16.0 Å². The molecule has 0 fully saturated rings. The van der Waals surface area contributed by atoms with Gasteiger partial charge >= 0.3 is 23.9 Å². The van der Waals surface area contributed by atoms with Crippen molar-refractivity contribution in [3.8, 4) is 0 Å². The van der Waals surface area contributed by atoms with Crippen LogP contribution < -0.4 is 21.7 Å². The van der Waals surface area contributed by atoms with E-state index in [0.29, 0.717) is 0 Å². The third-order valence-corrected chi connectivity index (χ3v) is 4.52. The molecule has 15 nitrogen and oxygen atoms in total. The van der Waals surface area contributed by atoms with Crippen molar-refractivity contribution in [1.29, 1.82) is 0 Å². The van der Waals surface area contributed by atoms with Gasteiger partial charge in [0.15, 0.2) is 0 Å². The van der Waals surface area contributed by atoms with Gasteiger partial charge in [0.05, 0.1) is 12.5 Å². The summed E-state index contributed by atoms with van der Waals surface area (Å²) in [5, 5.41) is 42.2. The Labute approximate surface area is 194 Å². The molecule has 0 aliphatic rings. The number of hydrogen-bond donors (Lipinski definition) is 8. The largest absolute Gasteiger partial charge is 0.481 e. The summed E-state index contributed by atoms with van der Waals surface area (Å²) >= 11 is 0. The summed E-state index contributed by atoms with van der Waals surface area (Å²) in [6.45, 7) is 3.07. The first kappa shape index (κ1) is 30.2. The lowest BCUT2D eigenvalue weighted by Crippen LogP contribution is -2.58. The van der Waals surface area contributed by atoms with Crippen LogP contribution in [0.2, 0.25) is 0 Å². The normalized spacial score (nSPS) is 14.2. The number of carbonyl (C=O) groups excluding carboxylic acids is 3. The average molecular weight is 490 g/mol. The summed E-state index contributed by atoms with van der Waals surface area (Å²) in [7, 11) is 0. The monoisotopic (exact) mass is 490 g/mol. The number of nitrogens with two attached hydrogens (primary N) is 1. The maximum Gasteiger partial charge on any atom is 0.326 e. The van der Waals surface area contributed by atoms with E-state index in [0.717, 1.165) is 0 Å². The van der Waals surface area contributed by atoms with Gasteiger partial charge in [-0.3, -0.25) is 28.8 Å². The predicted molar refractivity (Wildman–Crippen MR) is 112 cm³/mol. The fourth-order valence-electron chi connectivity index (χ4n) is 2.67. The van der Waals surface area contributed by atoms with E-state index in [-0.39, 0.29) is 0 Å². The van der Waals surface area contributed by atoms with Crippen LogP contribution in [0, 0.1) is 5.92 Å². The fraction of sp³-hybridized carbons (Fsp3) is 0.632. The van der Waals surface area contributed by atoms with Crippen molar-refractivity contribution < 1.29 is 54.0 Å². The molecule has 0 aromatic rings. The number of nitrogens with one attached hydrogen (secondary N) is 3. The summed E-state index contributed by atoms with van der Waals surface area (Å²) in [4.78, 5) is 81.2. The van der Waals surface area contributed by atoms with E-state index < -0.39 is 104 Å². The lowest BCUT2D eigenvalue weighted by Gasteiger charge is -2.26. The van der Waals surface area contributed by atoms with Crippen LogP contribution in [0.5, 0.6) is 0 Å². The summed E-state index contributed by atoms with van der Waals surface area (Å²) in [5.74, 6) is -8.97. The molecule has 0 aromatic carbocycles. The van der Waals surface area contributed by atoms with Crippen molar-refractivity contribution in [1.82, 2.24) is 16.0 Å². The van der Waals surface area contributed by atoms with Crippen LogP contribution >= 0.6 is 0 Å². The van der Waals surface area contributed by atoms with Gasteiger partial charge in [0.1, 0.15) is 18.1 Å². The number of carbonyl (C=O) groups is 7. The highest BCUT2D eigenvalue weighted by Gasteiger charge is 2.32. The maximum atomic E-state index is 12.8. The second-order valence-electron chi connectivity index (χ2n) is 7.76. The summed E-state index contributed by atoms with van der Waals surface area (Å²) in [6.07, 6.45) is -2.73. The highest BCUT2D eigenvalue weighted by molar-refractivity contribution is 5.95. The van der Waals surface area contributed by atoms with Gasteiger partial charge in [-0.15, -0.1) is 0 Å². The molecule has 9 N–H and O–H groups in total. The van der Waals surface area contributed by atoms with Crippen LogP contribution in [-0.4, -0.2) is 86.2 Å². The molecule has 192 valence electrons. The van der Waals surface area contributed by atoms with E-state index in [1.165, 1.54) is 13.8 Å². The number of hydrogen-bond acceptors (Lipinski definition) is 8. The Kier molecular flexibility index (Phi) is 12.8. The van der Waals surface area contributed by atoms with Crippen molar-refractivity contribution >= 4 is 41.6 Å². The second-order valence-corrected chi connectivity index (χ2v) is 7.76. The Bertz CT molecular complexity index is 799. The molecular formula is C19H30N4O11. The third-order valence-electron chi connectivity index (χ3n) is 4.52. The van der Waals surface area contributed by atoms with Gasteiger partial charge in [-0.1, -0.05) is 13.8 Å². The molecule has 0 heterocycles. The van der Waals surface area contributed by atoms with Crippen LogP contribution in [0.1, 0.15) is 46.0 Å². The zero-order chi connectivity index (χ0) is 26.6. The minimum Gasteiger partial charge on any atom is -0.481 e. The van der Waals surface area contributed by atoms with E-state index in [1.807, 2.05) is 0 Å². The highest BCUT2D eigenvalue weighted by Crippen LogP contribution is 2.07. The molecule has 0 spiro atoms. The molecule has 4 unspecified atom stereocenters. The lowest BCUT2D eigenvalue weighted by molar-refractivity contribution is -0.144. The molecule has 0 saturated heterocycles. The van der Waals surface area contributed by atoms with E-state index in [1.54, 1.807) is 0 Å². The molecule has 4 atom stereocenters. The van der Waals surface area contributed by atoms with Gasteiger partial charge in [0.2, 0.25) is 17.7 Å². The number of rotatable bonds is 16. The Balaban J connectivity index is 5.52. The number of aliphatic carboxylic acids is 4. The van der Waals surface area contributed by atoms with E-state index in [9.17, 15) is 38.7 Å². The van der Waals surface area contributed by atoms with Gasteiger partial charge in [0, 0.05) is 12.8 Å². The third kappa shape index (κ3) is 11.8. The second kappa shape index (κ2) is 14.4. The molecule has 0 radical (unpaired) electrons. The molecule has 0 aromatic heterocycles. The first-order valence-electron chi connectivity index (χ1n) is 10.2. The van der Waals surface area contributed by atoms with Gasteiger partial charge < -0.3 is 42.1 Å². The topological polar surface area (TPSA) is 263 Å². The van der Waals surface area contributed by atoms with Gasteiger partial charge in [-0.2, -0.15) is 0 Å². The molecule has 34 heavy (non-hydrogen) atoms. The van der Waals surface area contributed by atoms with E-state index in [4.69, 9.17) is 21.1 Å². The molecule has 0 bridgehead atoms. The average Bonchev–Trinajstić information content (AvgIpc) is 2.70. The summed E-state index contributed by atoms with van der Waals surface area (Å²) in [5.41, 5.74) is 5.48. The first-order valence-corrected chi connectivity index (χ1v) is 10.2. The first-order chi connectivity index (χ1) is 15.6. The minimum atomic E-state index is -1.61. The molecule has 0 saturated carbocycles. The van der Waals surface area contributed by atoms with Gasteiger partial charge in [-0.25, -0.2) is 4.79 Å². The van der Waals surface area contributed by atoms with Crippen LogP contribution in [-0.2, 0) is 33.6 Å². The summed E-state index contributed by atoms with van der Waals surface area (Å²) < 4.78 is 0. The maximum absolute atomic E-state index is 12.8. The lowest BCUT2D eigenvalue weighted by atomic mass is 10.0. The zero-order valence-electron chi connectivity index (χ0n) is 18.6. The molecule has 0 rings (SSSR count). The Morgan fingerprint density at radius 3 is 1.56 bits per heavy atom. The van der Waals surface area contributed by atoms with Gasteiger partial charge in [-0.05, 0) is 18.8 Å². The van der Waals surface area contributed by atoms with Crippen LogP contribution in [0.3, 0.4) is 0 Å². The summed E-state index contributed by atoms with van der Waals surface area (Å²) in [6, 6.07) is -5.87. The Morgan fingerprint density at radius 2 is 1.15 bits per heavy atom. The van der Waals surface area contributed by atoms with Crippen molar-refractivity contribution in [2.75, 3.05) is 0 Å². The van der Waals surface area contributed by atoms with Gasteiger partial charge in [0.25, 0.3) is 0 Å². The molecule has 3 amide bonds. The van der Waals surface area contributed by atoms with Crippen LogP contribution in [0.4, 0.5) is 0 Å². The molecule has 15 heteroatoms. The molecule has 0 aliphatic carbocycles. The minimum absolute atomic E-state index is 0.435. The number of carboxylic acids is 4. The highest BCUT2D eigenvalue weighted by atomic mass is 16.4. The predicted octanol–water partition coefficient (Wildman–Crippen LogP) is -2.29. The molecular weight excluding hydrogens is 460 g/mol. The fourth-order valence-corrected chi connectivity index (χ4v) is 2.67. The van der Waals surface area contributed by atoms with Crippen molar-refractivity contribution in [2.24, 2.45) is 11.7 Å². The van der Waals surface area contributed by atoms with E-state index >= 15 is 0 Å². The van der Waals surface area contributed by atoms with Crippen LogP contribution in [0.15, 0.2) is 0 Å². The number of carboxylic acid groups (broad SMARTS) is 4. The molecule has 0 aliphatic heterocycles. The zero-order valence-corrected chi connectivity index (χ0v) is 18.6. The SMILES string of the molecule is CC(C)C(NC(=O)C(N)CC(=O)O)C(=O)NC(CCC(=O)O)C(=O)NC(CCC(=O)O)C(=O)O.